The van der Waals surface area contributed by atoms with Gasteiger partial charge in [0.15, 0.2) is 0 Å². The fourth-order valence-corrected chi connectivity index (χ4v) is 4.70. The predicted molar refractivity (Wildman–Crippen MR) is 115 cm³/mol. The van der Waals surface area contributed by atoms with Crippen LogP contribution in [0.5, 0.6) is 0 Å². The Balaban J connectivity index is 1.32. The molecule has 1 aliphatic carbocycles. The van der Waals surface area contributed by atoms with Gasteiger partial charge in [0.05, 0.1) is 0 Å². The molecule has 2 aromatic rings. The van der Waals surface area contributed by atoms with E-state index >= 15 is 0 Å². The summed E-state index contributed by atoms with van der Waals surface area (Å²) in [5.41, 5.74) is 2.10. The number of amides is 3. The van der Waals surface area contributed by atoms with E-state index in [-0.39, 0.29) is 17.8 Å². The van der Waals surface area contributed by atoms with Crippen LogP contribution in [0, 0.1) is 11.7 Å². The molecule has 2 aromatic carbocycles. The lowest BCUT2D eigenvalue weighted by Gasteiger charge is -2.44. The number of halogens is 1. The summed E-state index contributed by atoms with van der Waals surface area (Å²) in [5.74, 6) is 0.447. The maximum absolute atomic E-state index is 13.1. The number of nitrogens with zero attached hydrogens (tertiary/aromatic N) is 1. The molecule has 2 fully saturated rings. The Bertz CT molecular complexity index is 880. The molecular weight excluding hydrogens is 381 g/mol. The molecule has 6 heteroatoms. The first kappa shape index (κ1) is 20.4. The highest BCUT2D eigenvalue weighted by molar-refractivity contribution is 5.95. The Labute approximate surface area is 176 Å². The molecule has 1 aliphatic heterocycles. The Morgan fingerprint density at radius 3 is 2.40 bits per heavy atom. The number of hydrogen-bond acceptors (Lipinski definition) is 2. The number of hydrogen-bond donors (Lipinski definition) is 2. The van der Waals surface area contributed by atoms with Crippen LogP contribution in [0.4, 0.5) is 14.9 Å². The van der Waals surface area contributed by atoms with E-state index < -0.39 is 0 Å². The van der Waals surface area contributed by atoms with Crippen LogP contribution in [-0.2, 0) is 6.54 Å². The molecule has 0 bridgehead atoms. The summed E-state index contributed by atoms with van der Waals surface area (Å²) in [5, 5.41) is 5.50. The third-order valence-electron chi connectivity index (χ3n) is 6.26. The first-order chi connectivity index (χ1) is 14.6. The normalized spacial score (nSPS) is 20.9. The Morgan fingerprint density at radius 1 is 0.933 bits per heavy atom. The Hall–Kier alpha value is -2.89. The fourth-order valence-electron chi connectivity index (χ4n) is 4.70. The molecule has 1 saturated carbocycles. The molecule has 1 heterocycles. The number of fused-ring (bicyclic) bond motifs is 1. The minimum absolute atomic E-state index is 0.0962. The number of piperidine rings is 1. The number of nitrogens with one attached hydrogen (secondary N) is 2. The van der Waals surface area contributed by atoms with Crippen molar-refractivity contribution in [1.82, 2.24) is 10.2 Å². The van der Waals surface area contributed by atoms with Gasteiger partial charge in [0, 0.05) is 30.4 Å². The van der Waals surface area contributed by atoms with Crippen molar-refractivity contribution in [2.45, 2.75) is 51.1 Å². The van der Waals surface area contributed by atoms with E-state index in [0.717, 1.165) is 24.9 Å². The molecule has 0 radical (unpaired) electrons. The van der Waals surface area contributed by atoms with E-state index in [9.17, 15) is 14.0 Å². The van der Waals surface area contributed by atoms with Crippen molar-refractivity contribution in [3.05, 3.63) is 65.5 Å². The molecule has 5 nitrogen and oxygen atoms in total. The zero-order valence-corrected chi connectivity index (χ0v) is 17.1. The maximum atomic E-state index is 13.1. The lowest BCUT2D eigenvalue weighted by Crippen LogP contribution is -2.49. The van der Waals surface area contributed by atoms with Crippen LogP contribution in [-0.4, -0.2) is 29.4 Å². The van der Waals surface area contributed by atoms with Gasteiger partial charge in [-0.1, -0.05) is 25.0 Å². The van der Waals surface area contributed by atoms with Crippen LogP contribution >= 0.6 is 0 Å². The van der Waals surface area contributed by atoms with Gasteiger partial charge in [-0.2, -0.15) is 0 Å². The van der Waals surface area contributed by atoms with Crippen molar-refractivity contribution in [3.63, 3.8) is 0 Å². The minimum atomic E-state index is -0.348. The molecule has 4 rings (SSSR count). The van der Waals surface area contributed by atoms with E-state index in [4.69, 9.17) is 0 Å². The average molecular weight is 410 g/mol. The summed E-state index contributed by atoms with van der Waals surface area (Å²) < 4.78 is 12.9. The summed E-state index contributed by atoms with van der Waals surface area (Å²) in [7, 11) is 0. The van der Waals surface area contributed by atoms with Gasteiger partial charge in [-0.15, -0.1) is 0 Å². The summed E-state index contributed by atoms with van der Waals surface area (Å²) in [6.45, 7) is 1.14. The third kappa shape index (κ3) is 4.81. The fraction of sp³-hybridized carbons (Fsp3) is 0.417. The van der Waals surface area contributed by atoms with Gasteiger partial charge < -0.3 is 15.5 Å². The quantitative estimate of drug-likeness (QED) is 0.751. The number of carbonyl (C=O) groups excluding carboxylic acids is 2. The minimum Gasteiger partial charge on any atom is -0.335 e. The second-order valence-corrected chi connectivity index (χ2v) is 8.26. The van der Waals surface area contributed by atoms with Gasteiger partial charge in [-0.3, -0.25) is 4.79 Å². The average Bonchev–Trinajstić information content (AvgIpc) is 2.78. The SMILES string of the molecule is O=C(NCc1ccc(F)cc1)Nc1ccc(C(=O)N2CCCC3CCCC[C@@H]32)cc1. The van der Waals surface area contributed by atoms with Gasteiger partial charge in [0.1, 0.15) is 5.82 Å². The van der Waals surface area contributed by atoms with Crippen molar-refractivity contribution in [2.24, 2.45) is 5.92 Å². The number of likely N-dealkylation sites (tertiary alicyclic amines) is 1. The summed E-state index contributed by atoms with van der Waals surface area (Å²) in [6, 6.07) is 13.1. The molecule has 30 heavy (non-hydrogen) atoms. The summed E-state index contributed by atoms with van der Waals surface area (Å²) in [6.07, 6.45) is 7.17. The van der Waals surface area contributed by atoms with Gasteiger partial charge >= 0.3 is 6.03 Å². The lowest BCUT2D eigenvalue weighted by molar-refractivity contribution is 0.0390. The van der Waals surface area contributed by atoms with Crippen LogP contribution in [0.1, 0.15) is 54.4 Å². The molecule has 0 spiro atoms. The molecule has 2 atom stereocenters. The van der Waals surface area contributed by atoms with Crippen LogP contribution in [0.2, 0.25) is 0 Å². The highest BCUT2D eigenvalue weighted by Gasteiger charge is 2.35. The van der Waals surface area contributed by atoms with Crippen molar-refractivity contribution >= 4 is 17.6 Å². The van der Waals surface area contributed by atoms with Gasteiger partial charge in [0.25, 0.3) is 5.91 Å². The Morgan fingerprint density at radius 2 is 1.63 bits per heavy atom. The van der Waals surface area contributed by atoms with Crippen LogP contribution in [0.15, 0.2) is 48.5 Å². The Kier molecular flexibility index (Phi) is 6.31. The van der Waals surface area contributed by atoms with E-state index in [1.165, 1.54) is 37.8 Å². The van der Waals surface area contributed by atoms with E-state index in [1.54, 1.807) is 36.4 Å². The molecule has 1 saturated heterocycles. The number of anilines is 1. The monoisotopic (exact) mass is 409 g/mol. The number of benzene rings is 2. The first-order valence-electron chi connectivity index (χ1n) is 10.8. The smallest absolute Gasteiger partial charge is 0.319 e. The second-order valence-electron chi connectivity index (χ2n) is 8.26. The van der Waals surface area contributed by atoms with E-state index in [1.807, 2.05) is 0 Å². The maximum Gasteiger partial charge on any atom is 0.319 e. The number of urea groups is 1. The standard InChI is InChI=1S/C24H28FN3O2/c25-20-11-7-17(8-12-20)16-26-24(30)27-21-13-9-19(10-14-21)23(29)28-15-3-5-18-4-1-2-6-22(18)28/h7-14,18,22H,1-6,15-16H2,(H2,26,27,30)/t18?,22-/m0/s1. The molecule has 158 valence electrons. The van der Waals surface area contributed by atoms with Crippen LogP contribution < -0.4 is 10.6 Å². The number of carbonyl (C=O) groups is 2. The summed E-state index contributed by atoms with van der Waals surface area (Å²) >= 11 is 0. The van der Waals surface area contributed by atoms with Crippen LogP contribution in [0.25, 0.3) is 0 Å². The zero-order valence-electron chi connectivity index (χ0n) is 17.1. The highest BCUT2D eigenvalue weighted by Crippen LogP contribution is 2.36. The molecule has 0 aromatic heterocycles. The van der Waals surface area contributed by atoms with Crippen molar-refractivity contribution in [3.8, 4) is 0 Å². The highest BCUT2D eigenvalue weighted by atomic mass is 19.1. The number of rotatable bonds is 4. The lowest BCUT2D eigenvalue weighted by atomic mass is 9.78. The van der Waals surface area contributed by atoms with Gasteiger partial charge in [0.2, 0.25) is 0 Å². The van der Waals surface area contributed by atoms with Gasteiger partial charge in [-0.25, -0.2) is 9.18 Å². The molecule has 2 N–H and O–H groups in total. The molecule has 3 amide bonds. The van der Waals surface area contributed by atoms with Crippen LogP contribution in [0.3, 0.4) is 0 Å². The largest absolute Gasteiger partial charge is 0.335 e. The summed E-state index contributed by atoms with van der Waals surface area (Å²) in [4.78, 5) is 27.3. The van der Waals surface area contributed by atoms with E-state index in [0.29, 0.717) is 29.8 Å². The van der Waals surface area contributed by atoms with Gasteiger partial charge in [-0.05, 0) is 73.6 Å². The third-order valence-corrected chi connectivity index (χ3v) is 6.26. The second kappa shape index (κ2) is 9.28. The molecule has 1 unspecified atom stereocenters. The van der Waals surface area contributed by atoms with Crippen molar-refractivity contribution < 1.29 is 14.0 Å². The molecule has 2 aliphatic rings. The molecular formula is C24H28FN3O2. The van der Waals surface area contributed by atoms with E-state index in [2.05, 4.69) is 15.5 Å². The predicted octanol–water partition coefficient (Wildman–Crippen LogP) is 4.94. The van der Waals surface area contributed by atoms with Crippen molar-refractivity contribution in [1.29, 1.82) is 0 Å². The van der Waals surface area contributed by atoms with Crippen molar-refractivity contribution in [2.75, 3.05) is 11.9 Å². The zero-order chi connectivity index (χ0) is 20.9. The first-order valence-corrected chi connectivity index (χ1v) is 10.8. The topological polar surface area (TPSA) is 61.4 Å².